The molecule has 0 atom stereocenters. The predicted octanol–water partition coefficient (Wildman–Crippen LogP) is 2.22. The number of pyridine rings is 1. The molecule has 2 heterocycles. The van der Waals surface area contributed by atoms with E-state index in [1.807, 2.05) is 36.1 Å². The van der Waals surface area contributed by atoms with Crippen LogP contribution in [0.25, 0.3) is 10.9 Å². The van der Waals surface area contributed by atoms with E-state index in [1.54, 1.807) is 18.2 Å². The van der Waals surface area contributed by atoms with Crippen molar-refractivity contribution in [2.45, 2.75) is 13.5 Å². The Hall–Kier alpha value is -3.20. The van der Waals surface area contributed by atoms with Crippen LogP contribution in [0.4, 0.5) is 5.82 Å². The molecule has 6 heteroatoms. The van der Waals surface area contributed by atoms with Gasteiger partial charge in [0, 0.05) is 12.7 Å². The topological polar surface area (TPSA) is 85.7 Å². The second-order valence-electron chi connectivity index (χ2n) is 5.06. The van der Waals surface area contributed by atoms with Gasteiger partial charge in [0.2, 0.25) is 0 Å². The van der Waals surface area contributed by atoms with E-state index in [4.69, 9.17) is 5.26 Å². The van der Waals surface area contributed by atoms with E-state index in [0.717, 1.165) is 5.82 Å². The molecule has 1 N–H and O–H groups in total. The Balaban J connectivity index is 1.92. The second kappa shape index (κ2) is 6.28. The summed E-state index contributed by atoms with van der Waals surface area (Å²) in [5, 5.41) is 9.42. The standard InChI is InChI=1S/C17H15N5O/c1-2-22(16-8-7-12(9-18)10-19-16)11-15-20-14-6-4-3-5-13(14)17(23)21-15/h3-8,10H,2,11H2,1H3,(H,20,21,23). The van der Waals surface area contributed by atoms with Gasteiger partial charge in [-0.05, 0) is 31.2 Å². The highest BCUT2D eigenvalue weighted by atomic mass is 16.1. The van der Waals surface area contributed by atoms with Gasteiger partial charge in [-0.2, -0.15) is 5.26 Å². The molecule has 0 unspecified atom stereocenters. The van der Waals surface area contributed by atoms with Crippen molar-refractivity contribution in [2.75, 3.05) is 11.4 Å². The molecule has 6 nitrogen and oxygen atoms in total. The number of hydrogen-bond acceptors (Lipinski definition) is 5. The Bertz CT molecular complexity index is 924. The molecule has 3 aromatic rings. The Morgan fingerprint density at radius 2 is 2.09 bits per heavy atom. The molecule has 114 valence electrons. The van der Waals surface area contributed by atoms with Crippen molar-refractivity contribution < 1.29 is 0 Å². The van der Waals surface area contributed by atoms with Gasteiger partial charge in [-0.25, -0.2) is 9.97 Å². The summed E-state index contributed by atoms with van der Waals surface area (Å²) < 4.78 is 0. The maximum absolute atomic E-state index is 12.1. The van der Waals surface area contributed by atoms with E-state index in [2.05, 4.69) is 15.0 Å². The van der Waals surface area contributed by atoms with E-state index >= 15 is 0 Å². The normalized spacial score (nSPS) is 10.4. The summed E-state index contributed by atoms with van der Waals surface area (Å²) >= 11 is 0. The molecule has 0 spiro atoms. The monoisotopic (exact) mass is 305 g/mol. The highest BCUT2D eigenvalue weighted by Crippen LogP contribution is 2.14. The van der Waals surface area contributed by atoms with Crippen LogP contribution in [0.5, 0.6) is 0 Å². The molecule has 0 radical (unpaired) electrons. The number of benzene rings is 1. The summed E-state index contributed by atoms with van der Waals surface area (Å²) in [6, 6.07) is 12.8. The third-order valence-electron chi connectivity index (χ3n) is 3.59. The Labute approximate surface area is 133 Å². The molecular formula is C17H15N5O. The molecular weight excluding hydrogens is 290 g/mol. The first-order chi connectivity index (χ1) is 11.2. The lowest BCUT2D eigenvalue weighted by Gasteiger charge is -2.21. The van der Waals surface area contributed by atoms with Crippen LogP contribution in [0.15, 0.2) is 47.4 Å². The van der Waals surface area contributed by atoms with Gasteiger partial charge < -0.3 is 9.88 Å². The molecule has 0 aliphatic rings. The maximum Gasteiger partial charge on any atom is 0.258 e. The fraction of sp³-hybridized carbons (Fsp3) is 0.176. The first-order valence-electron chi connectivity index (χ1n) is 7.30. The molecule has 23 heavy (non-hydrogen) atoms. The minimum Gasteiger partial charge on any atom is -0.349 e. The van der Waals surface area contributed by atoms with Crippen molar-refractivity contribution in [1.82, 2.24) is 15.0 Å². The molecule has 1 aromatic carbocycles. The number of hydrogen-bond donors (Lipinski definition) is 1. The largest absolute Gasteiger partial charge is 0.349 e. The number of fused-ring (bicyclic) bond motifs is 1. The number of nitrogens with one attached hydrogen (secondary N) is 1. The van der Waals surface area contributed by atoms with E-state index in [9.17, 15) is 4.79 Å². The van der Waals surface area contributed by atoms with E-state index < -0.39 is 0 Å². The van der Waals surface area contributed by atoms with Gasteiger partial charge >= 0.3 is 0 Å². The average molecular weight is 305 g/mol. The molecule has 3 rings (SSSR count). The van der Waals surface area contributed by atoms with Crippen molar-refractivity contribution in [3.63, 3.8) is 0 Å². The van der Waals surface area contributed by atoms with E-state index in [0.29, 0.717) is 35.4 Å². The van der Waals surface area contributed by atoms with Crippen LogP contribution in [0.3, 0.4) is 0 Å². The lowest BCUT2D eigenvalue weighted by Crippen LogP contribution is -2.26. The summed E-state index contributed by atoms with van der Waals surface area (Å²) in [6.07, 6.45) is 1.54. The Morgan fingerprint density at radius 1 is 1.26 bits per heavy atom. The highest BCUT2D eigenvalue weighted by molar-refractivity contribution is 5.77. The maximum atomic E-state index is 12.1. The Morgan fingerprint density at radius 3 is 2.78 bits per heavy atom. The summed E-state index contributed by atoms with van der Waals surface area (Å²) in [5.41, 5.74) is 1.05. The van der Waals surface area contributed by atoms with Crippen molar-refractivity contribution in [3.05, 3.63) is 64.3 Å². The number of H-pyrrole nitrogens is 1. The molecule has 0 fully saturated rings. The smallest absolute Gasteiger partial charge is 0.258 e. The third kappa shape index (κ3) is 3.04. The van der Waals surface area contributed by atoms with Crippen LogP contribution < -0.4 is 10.5 Å². The summed E-state index contributed by atoms with van der Waals surface area (Å²) in [5.74, 6) is 1.32. The predicted molar refractivity (Wildman–Crippen MR) is 88.0 cm³/mol. The zero-order valence-electron chi connectivity index (χ0n) is 12.7. The lowest BCUT2D eigenvalue weighted by atomic mass is 10.2. The number of para-hydroxylation sites is 1. The fourth-order valence-corrected chi connectivity index (χ4v) is 2.38. The minimum absolute atomic E-state index is 0.144. The quantitative estimate of drug-likeness (QED) is 0.798. The minimum atomic E-state index is -0.144. The molecule has 0 saturated heterocycles. The van der Waals surface area contributed by atoms with Gasteiger partial charge in [-0.3, -0.25) is 4.79 Å². The van der Waals surface area contributed by atoms with Gasteiger partial charge in [0.25, 0.3) is 5.56 Å². The van der Waals surface area contributed by atoms with Crippen LogP contribution in [-0.4, -0.2) is 21.5 Å². The molecule has 0 saturated carbocycles. The number of nitriles is 1. The van der Waals surface area contributed by atoms with Crippen LogP contribution in [0, 0.1) is 11.3 Å². The first kappa shape index (κ1) is 14.7. The first-order valence-corrected chi connectivity index (χ1v) is 7.30. The van der Waals surface area contributed by atoms with Crippen LogP contribution in [0.2, 0.25) is 0 Å². The SMILES string of the molecule is CCN(Cc1nc2ccccc2c(=O)[nH]1)c1ccc(C#N)cn1. The molecule has 0 aliphatic carbocycles. The van der Waals surface area contributed by atoms with Crippen LogP contribution in [-0.2, 0) is 6.54 Å². The third-order valence-corrected chi connectivity index (χ3v) is 3.59. The van der Waals surface area contributed by atoms with Gasteiger partial charge in [-0.1, -0.05) is 12.1 Å². The molecule has 0 aliphatic heterocycles. The van der Waals surface area contributed by atoms with Crippen molar-refractivity contribution in [1.29, 1.82) is 5.26 Å². The number of anilines is 1. The number of aromatic nitrogens is 3. The molecule has 2 aromatic heterocycles. The van der Waals surface area contributed by atoms with Crippen LogP contribution >= 0.6 is 0 Å². The van der Waals surface area contributed by atoms with Gasteiger partial charge in [0.15, 0.2) is 0 Å². The van der Waals surface area contributed by atoms with Crippen molar-refractivity contribution in [2.24, 2.45) is 0 Å². The zero-order chi connectivity index (χ0) is 16.2. The number of nitrogens with zero attached hydrogens (tertiary/aromatic N) is 4. The lowest BCUT2D eigenvalue weighted by molar-refractivity contribution is 0.768. The molecule has 0 amide bonds. The number of aromatic amines is 1. The summed E-state index contributed by atoms with van der Waals surface area (Å²) in [7, 11) is 0. The van der Waals surface area contributed by atoms with Gasteiger partial charge in [0.05, 0.1) is 23.0 Å². The Kier molecular flexibility index (Phi) is 4.02. The highest BCUT2D eigenvalue weighted by Gasteiger charge is 2.10. The van der Waals surface area contributed by atoms with E-state index in [-0.39, 0.29) is 5.56 Å². The molecule has 0 bridgehead atoms. The average Bonchev–Trinajstić information content (AvgIpc) is 2.60. The number of rotatable bonds is 4. The summed E-state index contributed by atoms with van der Waals surface area (Å²) in [6.45, 7) is 3.14. The van der Waals surface area contributed by atoms with Gasteiger partial charge in [-0.15, -0.1) is 0 Å². The van der Waals surface area contributed by atoms with Crippen molar-refractivity contribution >= 4 is 16.7 Å². The summed E-state index contributed by atoms with van der Waals surface area (Å²) in [4.78, 5) is 25.7. The van der Waals surface area contributed by atoms with E-state index in [1.165, 1.54) is 6.20 Å². The fourth-order valence-electron chi connectivity index (χ4n) is 2.38. The van der Waals surface area contributed by atoms with Crippen molar-refractivity contribution in [3.8, 4) is 6.07 Å². The zero-order valence-corrected chi connectivity index (χ0v) is 12.7. The second-order valence-corrected chi connectivity index (χ2v) is 5.06. The van der Waals surface area contributed by atoms with Gasteiger partial charge in [0.1, 0.15) is 17.7 Å². The van der Waals surface area contributed by atoms with Crippen LogP contribution in [0.1, 0.15) is 18.3 Å².